The molecule has 0 saturated carbocycles. The molecule has 1 heterocycles. The van der Waals surface area contributed by atoms with E-state index in [9.17, 15) is 14.0 Å². The molecule has 2 atom stereocenters. The highest BCUT2D eigenvalue weighted by Crippen LogP contribution is 2.44. The van der Waals surface area contributed by atoms with Gasteiger partial charge in [0.2, 0.25) is 5.91 Å². The van der Waals surface area contributed by atoms with Gasteiger partial charge in [0.1, 0.15) is 0 Å². The predicted octanol–water partition coefficient (Wildman–Crippen LogP) is 1.15. The molecule has 1 aliphatic rings. The van der Waals surface area contributed by atoms with Gasteiger partial charge in [-0.1, -0.05) is 11.8 Å². The van der Waals surface area contributed by atoms with Crippen molar-refractivity contribution < 1.29 is 18.7 Å². The zero-order valence-electron chi connectivity index (χ0n) is 9.11. The van der Waals surface area contributed by atoms with Crippen LogP contribution in [0.4, 0.5) is 4.39 Å². The maximum Gasteiger partial charge on any atom is 0.332 e. The van der Waals surface area contributed by atoms with Gasteiger partial charge in [-0.15, -0.1) is 0 Å². The molecular formula is C9H14FNO3S. The lowest BCUT2D eigenvalue weighted by Crippen LogP contribution is -2.50. The summed E-state index contributed by atoms with van der Waals surface area (Å²) in [5.41, 5.74) is -1.43. The van der Waals surface area contributed by atoms with Crippen molar-refractivity contribution in [1.29, 1.82) is 0 Å². The Kier molecular flexibility index (Phi) is 3.28. The lowest BCUT2D eigenvalue weighted by atomic mass is 10.2. The standard InChI is InChI=1S/C9H14FNO3S/c1-5(12)11-6(8(13)14-4)7(10)15-9(11,2)3/h6-7H,1-4H3/t6-,7-/m0/s1. The van der Waals surface area contributed by atoms with E-state index in [1.807, 2.05) is 0 Å². The first-order valence-corrected chi connectivity index (χ1v) is 5.39. The molecule has 0 spiro atoms. The summed E-state index contributed by atoms with van der Waals surface area (Å²) in [5, 5.41) is 0. The summed E-state index contributed by atoms with van der Waals surface area (Å²) in [6.45, 7) is 4.72. The minimum Gasteiger partial charge on any atom is -0.467 e. The summed E-state index contributed by atoms with van der Waals surface area (Å²) in [4.78, 5) is 23.2. The first kappa shape index (κ1) is 12.3. The van der Waals surface area contributed by atoms with Gasteiger partial charge in [-0.25, -0.2) is 9.18 Å². The van der Waals surface area contributed by atoms with Gasteiger partial charge in [-0.3, -0.25) is 4.79 Å². The Morgan fingerprint density at radius 1 is 1.47 bits per heavy atom. The fourth-order valence-corrected chi connectivity index (χ4v) is 3.03. The number of carbonyl (C=O) groups excluding carboxylic acids is 2. The summed E-state index contributed by atoms with van der Waals surface area (Å²) in [6.07, 6.45) is 0. The smallest absolute Gasteiger partial charge is 0.332 e. The number of thioether (sulfide) groups is 1. The fraction of sp³-hybridized carbons (Fsp3) is 0.778. The van der Waals surface area contributed by atoms with E-state index in [0.29, 0.717) is 0 Å². The second kappa shape index (κ2) is 4.00. The number of halogens is 1. The third kappa shape index (κ3) is 2.09. The van der Waals surface area contributed by atoms with Crippen LogP contribution in [-0.4, -0.2) is 40.3 Å². The molecule has 15 heavy (non-hydrogen) atoms. The van der Waals surface area contributed by atoms with Crippen LogP contribution in [-0.2, 0) is 14.3 Å². The minimum atomic E-state index is -1.43. The molecule has 1 fully saturated rings. The normalized spacial score (nSPS) is 29.0. The van der Waals surface area contributed by atoms with Crippen LogP contribution in [0.1, 0.15) is 20.8 Å². The van der Waals surface area contributed by atoms with Crippen LogP contribution < -0.4 is 0 Å². The van der Waals surface area contributed by atoms with Gasteiger partial charge in [0.05, 0.1) is 12.0 Å². The molecule has 0 aromatic carbocycles. The Morgan fingerprint density at radius 2 is 2.00 bits per heavy atom. The van der Waals surface area contributed by atoms with Gasteiger partial charge in [-0.05, 0) is 13.8 Å². The van der Waals surface area contributed by atoms with Gasteiger partial charge in [0.25, 0.3) is 0 Å². The maximum absolute atomic E-state index is 13.6. The van der Waals surface area contributed by atoms with E-state index >= 15 is 0 Å². The van der Waals surface area contributed by atoms with Crippen molar-refractivity contribution in [2.75, 3.05) is 7.11 Å². The molecule has 0 aliphatic carbocycles. The number of hydrogen-bond donors (Lipinski definition) is 0. The van der Waals surface area contributed by atoms with Crippen molar-refractivity contribution in [3.63, 3.8) is 0 Å². The van der Waals surface area contributed by atoms with E-state index in [1.165, 1.54) is 18.9 Å². The van der Waals surface area contributed by atoms with Gasteiger partial charge in [-0.2, -0.15) is 0 Å². The Balaban J connectivity index is 3.03. The van der Waals surface area contributed by atoms with Crippen molar-refractivity contribution in [3.05, 3.63) is 0 Å². The molecule has 0 radical (unpaired) electrons. The van der Waals surface area contributed by atoms with E-state index in [0.717, 1.165) is 11.8 Å². The van der Waals surface area contributed by atoms with Crippen LogP contribution in [0.3, 0.4) is 0 Å². The third-order valence-corrected chi connectivity index (χ3v) is 3.55. The average Bonchev–Trinajstić information content (AvgIpc) is 2.33. The van der Waals surface area contributed by atoms with E-state index in [2.05, 4.69) is 4.74 Å². The van der Waals surface area contributed by atoms with Crippen LogP contribution in [0.25, 0.3) is 0 Å². The first-order valence-electron chi connectivity index (χ1n) is 4.51. The van der Waals surface area contributed by atoms with Crippen LogP contribution in [0, 0.1) is 0 Å². The van der Waals surface area contributed by atoms with Crippen LogP contribution in [0.15, 0.2) is 0 Å². The first-order chi connectivity index (χ1) is 6.81. The molecule has 0 N–H and O–H groups in total. The Labute approximate surface area is 92.1 Å². The van der Waals surface area contributed by atoms with Gasteiger partial charge in [0, 0.05) is 6.92 Å². The topological polar surface area (TPSA) is 46.6 Å². The van der Waals surface area contributed by atoms with Crippen molar-refractivity contribution in [1.82, 2.24) is 4.90 Å². The summed E-state index contributed by atoms with van der Waals surface area (Å²) in [5.74, 6) is -1.04. The molecule has 1 rings (SSSR count). The zero-order chi connectivity index (χ0) is 11.8. The van der Waals surface area contributed by atoms with Crippen molar-refractivity contribution >= 4 is 23.6 Å². The maximum atomic E-state index is 13.6. The minimum absolute atomic E-state index is 0.331. The number of esters is 1. The van der Waals surface area contributed by atoms with E-state index in [4.69, 9.17) is 0 Å². The number of amides is 1. The van der Waals surface area contributed by atoms with Crippen LogP contribution in [0.5, 0.6) is 0 Å². The number of hydrogen-bond acceptors (Lipinski definition) is 4. The molecule has 86 valence electrons. The molecule has 0 bridgehead atoms. The zero-order valence-corrected chi connectivity index (χ0v) is 9.93. The van der Waals surface area contributed by atoms with Crippen molar-refractivity contribution in [2.24, 2.45) is 0 Å². The Bertz CT molecular complexity index is 295. The summed E-state index contributed by atoms with van der Waals surface area (Å²) < 4.78 is 18.1. The monoisotopic (exact) mass is 235 g/mol. The number of carbonyl (C=O) groups is 2. The molecule has 0 aromatic rings. The number of rotatable bonds is 1. The molecule has 1 aliphatic heterocycles. The number of alkyl halides is 1. The Hall–Kier alpha value is -0.780. The molecule has 1 amide bonds. The van der Waals surface area contributed by atoms with Crippen molar-refractivity contribution in [2.45, 2.75) is 37.2 Å². The summed E-state index contributed by atoms with van der Waals surface area (Å²) in [6, 6.07) is -1.13. The van der Waals surface area contributed by atoms with Gasteiger partial charge < -0.3 is 9.64 Å². The lowest BCUT2D eigenvalue weighted by molar-refractivity contribution is -0.154. The third-order valence-electron chi connectivity index (χ3n) is 2.29. The van der Waals surface area contributed by atoms with Gasteiger partial charge >= 0.3 is 5.97 Å². The average molecular weight is 235 g/mol. The highest BCUT2D eigenvalue weighted by molar-refractivity contribution is 8.01. The fourth-order valence-electron chi connectivity index (χ4n) is 1.76. The van der Waals surface area contributed by atoms with Crippen LogP contribution >= 0.6 is 11.8 Å². The van der Waals surface area contributed by atoms with Gasteiger partial charge in [0.15, 0.2) is 11.5 Å². The largest absolute Gasteiger partial charge is 0.467 e. The number of ether oxygens (including phenoxy) is 1. The SMILES string of the molecule is COC(=O)[C@@H]1[C@@H](F)SC(C)(C)N1C(C)=O. The summed E-state index contributed by atoms with van der Waals surface area (Å²) in [7, 11) is 1.18. The number of nitrogens with zero attached hydrogens (tertiary/aromatic N) is 1. The number of methoxy groups -OCH3 is 1. The predicted molar refractivity (Wildman–Crippen MR) is 54.9 cm³/mol. The van der Waals surface area contributed by atoms with E-state index in [1.54, 1.807) is 13.8 Å². The molecule has 1 saturated heterocycles. The molecular weight excluding hydrogens is 221 g/mol. The molecule has 6 heteroatoms. The van der Waals surface area contributed by atoms with Crippen LogP contribution in [0.2, 0.25) is 0 Å². The highest BCUT2D eigenvalue weighted by Gasteiger charge is 2.52. The lowest BCUT2D eigenvalue weighted by Gasteiger charge is -2.31. The second-order valence-corrected chi connectivity index (χ2v) is 5.46. The molecule has 0 unspecified atom stereocenters. The summed E-state index contributed by atoms with van der Waals surface area (Å²) >= 11 is 0.949. The second-order valence-electron chi connectivity index (χ2n) is 3.77. The van der Waals surface area contributed by atoms with E-state index < -0.39 is 22.4 Å². The van der Waals surface area contributed by atoms with Crippen molar-refractivity contribution in [3.8, 4) is 0 Å². The van der Waals surface area contributed by atoms with E-state index in [-0.39, 0.29) is 5.91 Å². The Morgan fingerprint density at radius 3 is 2.40 bits per heavy atom. The molecule has 4 nitrogen and oxygen atoms in total. The highest BCUT2D eigenvalue weighted by atomic mass is 32.2. The quantitative estimate of drug-likeness (QED) is 0.640. The molecule has 0 aromatic heterocycles.